The largest absolute Gasteiger partial charge is 0.385 e. The average molecular weight is 569 g/mol. The number of hydrogen-bond acceptors (Lipinski definition) is 7. The van der Waals surface area contributed by atoms with Crippen LogP contribution >= 0.6 is 12.4 Å². The third-order valence-corrected chi connectivity index (χ3v) is 7.62. The molecule has 40 heavy (non-hydrogen) atoms. The Hall–Kier alpha value is -3.47. The van der Waals surface area contributed by atoms with Crippen molar-refractivity contribution in [2.75, 3.05) is 39.1 Å². The van der Waals surface area contributed by atoms with E-state index in [4.69, 9.17) is 15.5 Å². The summed E-state index contributed by atoms with van der Waals surface area (Å²) in [5.74, 6) is -0.0325. The number of benzene rings is 1. The van der Waals surface area contributed by atoms with Crippen LogP contribution in [-0.2, 0) is 33.7 Å². The van der Waals surface area contributed by atoms with Gasteiger partial charge in [-0.15, -0.1) is 12.4 Å². The number of carbonyl (C=O) groups excluding carboxylic acids is 2. The van der Waals surface area contributed by atoms with E-state index in [0.29, 0.717) is 48.9 Å². The van der Waals surface area contributed by atoms with Gasteiger partial charge < -0.3 is 25.7 Å². The van der Waals surface area contributed by atoms with Gasteiger partial charge in [-0.1, -0.05) is 24.3 Å². The van der Waals surface area contributed by atoms with Crippen molar-refractivity contribution in [2.24, 2.45) is 0 Å². The molecule has 2 amide bonds. The van der Waals surface area contributed by atoms with Crippen LogP contribution in [0.4, 0.5) is 5.82 Å². The van der Waals surface area contributed by atoms with Gasteiger partial charge in [0.2, 0.25) is 11.8 Å². The number of nitrogens with one attached hydrogen (secondary N) is 2. The van der Waals surface area contributed by atoms with Gasteiger partial charge in [0.05, 0.1) is 43.2 Å². The number of nitrogens with zero attached hydrogens (tertiary/aromatic N) is 3. The summed E-state index contributed by atoms with van der Waals surface area (Å²) in [4.78, 5) is 44.9. The number of halogens is 1. The van der Waals surface area contributed by atoms with Crippen LogP contribution in [0.2, 0.25) is 0 Å². The number of amides is 2. The van der Waals surface area contributed by atoms with E-state index in [-0.39, 0.29) is 53.5 Å². The van der Waals surface area contributed by atoms with Crippen LogP contribution in [-0.4, -0.2) is 71.7 Å². The number of nitrogen functional groups attached to an aromatic ring is 1. The molecule has 3 aromatic rings. The number of rotatable bonds is 9. The first-order valence-electron chi connectivity index (χ1n) is 13.6. The Labute approximate surface area is 239 Å². The normalized spacial score (nSPS) is 17.3. The third kappa shape index (κ3) is 6.29. The van der Waals surface area contributed by atoms with E-state index in [2.05, 4.69) is 15.5 Å². The highest BCUT2D eigenvalue weighted by atomic mass is 35.5. The molecule has 1 aliphatic heterocycles. The van der Waals surface area contributed by atoms with Gasteiger partial charge in [-0.05, 0) is 37.5 Å². The lowest BCUT2D eigenvalue weighted by molar-refractivity contribution is -0.121. The second-order valence-corrected chi connectivity index (χ2v) is 10.2. The van der Waals surface area contributed by atoms with E-state index < -0.39 is 0 Å². The number of pyridine rings is 2. The van der Waals surface area contributed by atoms with Crippen LogP contribution < -0.4 is 21.8 Å². The van der Waals surface area contributed by atoms with Gasteiger partial charge in [0.25, 0.3) is 0 Å². The molecule has 1 aromatic carbocycles. The number of aromatic nitrogens is 2. The fourth-order valence-corrected chi connectivity index (χ4v) is 5.29. The smallest absolute Gasteiger partial charge is 0.224 e. The molecule has 1 atom stereocenters. The average Bonchev–Trinajstić information content (AvgIpc) is 3.80. The number of nitrogens with two attached hydrogens (primary N) is 1. The Kier molecular flexibility index (Phi) is 9.44. The molecule has 214 valence electrons. The molecule has 2 aliphatic rings. The van der Waals surface area contributed by atoms with Gasteiger partial charge in [0.1, 0.15) is 11.5 Å². The van der Waals surface area contributed by atoms with Gasteiger partial charge in [0.15, 0.2) is 5.43 Å². The minimum atomic E-state index is -0.281. The molecular weight excluding hydrogens is 532 g/mol. The van der Waals surface area contributed by atoms with Crippen molar-refractivity contribution < 1.29 is 14.3 Å². The predicted molar refractivity (Wildman–Crippen MR) is 158 cm³/mol. The minimum Gasteiger partial charge on any atom is -0.385 e. The molecule has 3 heterocycles. The molecule has 2 aromatic heterocycles. The van der Waals surface area contributed by atoms with Gasteiger partial charge >= 0.3 is 0 Å². The highest BCUT2D eigenvalue weighted by Crippen LogP contribution is 2.29. The number of carbonyl (C=O) groups is 2. The Morgan fingerprint density at radius 2 is 1.85 bits per heavy atom. The second-order valence-electron chi connectivity index (χ2n) is 10.2. The van der Waals surface area contributed by atoms with Crippen LogP contribution in [0.5, 0.6) is 0 Å². The lowest BCUT2D eigenvalue weighted by atomic mass is 10.0. The first kappa shape index (κ1) is 29.5. The fraction of sp³-hybridized carbons (Fsp3) is 0.448. The molecule has 0 bridgehead atoms. The maximum atomic E-state index is 13.1. The number of morpholine rings is 1. The number of ether oxygens (including phenoxy) is 1. The minimum absolute atomic E-state index is 0. The van der Waals surface area contributed by atoms with Crippen molar-refractivity contribution in [3.63, 3.8) is 0 Å². The first-order valence-corrected chi connectivity index (χ1v) is 13.6. The number of anilines is 1. The quantitative estimate of drug-likeness (QED) is 0.359. The lowest BCUT2D eigenvalue weighted by Crippen LogP contribution is -2.52. The number of hydrogen-bond donors (Lipinski definition) is 3. The fourth-order valence-electron chi connectivity index (χ4n) is 5.29. The predicted octanol–water partition coefficient (Wildman–Crippen LogP) is 1.90. The van der Waals surface area contributed by atoms with Crippen molar-refractivity contribution in [3.8, 4) is 11.3 Å². The highest BCUT2D eigenvalue weighted by molar-refractivity contribution is 5.86. The molecule has 11 heteroatoms. The summed E-state index contributed by atoms with van der Waals surface area (Å²) in [5, 5.41) is 6.04. The summed E-state index contributed by atoms with van der Waals surface area (Å²) in [6, 6.07) is 12.1. The molecule has 1 aliphatic carbocycles. The highest BCUT2D eigenvalue weighted by Gasteiger charge is 2.35. The van der Waals surface area contributed by atoms with Crippen molar-refractivity contribution in [2.45, 2.75) is 51.2 Å². The molecule has 10 nitrogen and oxygen atoms in total. The Bertz CT molecular complexity index is 1440. The second kappa shape index (κ2) is 12.8. The molecule has 5 rings (SSSR count). The number of fused-ring (bicyclic) bond motifs is 1. The van der Waals surface area contributed by atoms with Crippen molar-refractivity contribution >= 4 is 41.1 Å². The molecule has 4 N–H and O–H groups in total. The maximum Gasteiger partial charge on any atom is 0.224 e. The Morgan fingerprint density at radius 3 is 2.52 bits per heavy atom. The Balaban J connectivity index is 0.00000370. The summed E-state index contributed by atoms with van der Waals surface area (Å²) in [7, 11) is 1.53. The Morgan fingerprint density at radius 1 is 1.10 bits per heavy atom. The standard InChI is InChI=1S/C29H36N6O4.ClH/c1-3-34-28(30)23(15-25(36)31-2)27(38)22-10-11-24(33-29(22)34)19-6-4-18(5-7-19)14-26(37)32-16-21-17-39-13-12-35(21)20-8-9-20;/h4-7,10-11,20-21H,3,8-9,12-17,30H2,1-2H3,(H,31,36)(H,32,37);1H. The monoisotopic (exact) mass is 568 g/mol. The first-order chi connectivity index (χ1) is 18.9. The van der Waals surface area contributed by atoms with E-state index in [1.807, 2.05) is 31.2 Å². The summed E-state index contributed by atoms with van der Waals surface area (Å²) in [6.45, 7) is 5.39. The van der Waals surface area contributed by atoms with E-state index >= 15 is 0 Å². The zero-order valence-electron chi connectivity index (χ0n) is 22.9. The number of likely N-dealkylation sites (N-methyl/N-ethyl adjacent to an activating group) is 1. The molecule has 0 spiro atoms. The third-order valence-electron chi connectivity index (χ3n) is 7.62. The van der Waals surface area contributed by atoms with E-state index in [0.717, 1.165) is 24.3 Å². The van der Waals surface area contributed by atoms with Gasteiger partial charge in [-0.2, -0.15) is 0 Å². The lowest BCUT2D eigenvalue weighted by Gasteiger charge is -2.35. The van der Waals surface area contributed by atoms with Crippen LogP contribution in [0.1, 0.15) is 30.9 Å². The van der Waals surface area contributed by atoms with Crippen LogP contribution in [0.3, 0.4) is 0 Å². The van der Waals surface area contributed by atoms with Crippen LogP contribution in [0.15, 0.2) is 41.2 Å². The van der Waals surface area contributed by atoms with Gasteiger partial charge in [-0.3, -0.25) is 19.3 Å². The van der Waals surface area contributed by atoms with Crippen molar-refractivity contribution in [1.29, 1.82) is 0 Å². The zero-order valence-corrected chi connectivity index (χ0v) is 23.8. The molecule has 1 saturated heterocycles. The van der Waals surface area contributed by atoms with Gasteiger partial charge in [0, 0.05) is 43.9 Å². The topological polar surface area (TPSA) is 132 Å². The summed E-state index contributed by atoms with van der Waals surface area (Å²) < 4.78 is 7.40. The van der Waals surface area contributed by atoms with Crippen molar-refractivity contribution in [3.05, 3.63) is 57.7 Å². The van der Waals surface area contributed by atoms with Crippen molar-refractivity contribution in [1.82, 2.24) is 25.1 Å². The molecule has 0 radical (unpaired) electrons. The summed E-state index contributed by atoms with van der Waals surface area (Å²) in [5.41, 5.74) is 9.25. The van der Waals surface area contributed by atoms with E-state index in [1.165, 1.54) is 19.9 Å². The molecular formula is C29H37ClN6O4. The number of aryl methyl sites for hydroxylation is 1. The molecule has 2 fully saturated rings. The summed E-state index contributed by atoms with van der Waals surface area (Å²) >= 11 is 0. The van der Waals surface area contributed by atoms with Gasteiger partial charge in [-0.25, -0.2) is 4.98 Å². The van der Waals surface area contributed by atoms with Crippen LogP contribution in [0.25, 0.3) is 22.3 Å². The summed E-state index contributed by atoms with van der Waals surface area (Å²) in [6.07, 6.45) is 2.69. The SMILES string of the molecule is CCn1c(N)c(CC(=O)NC)c(=O)c2ccc(-c3ccc(CC(=O)NCC4COCCN4C4CC4)cc3)nc21.Cl. The molecule has 1 unspecified atom stereocenters. The van der Waals surface area contributed by atoms with Crippen LogP contribution in [0, 0.1) is 0 Å². The maximum absolute atomic E-state index is 13.1. The van der Waals surface area contributed by atoms with E-state index in [1.54, 1.807) is 16.7 Å². The van der Waals surface area contributed by atoms with E-state index in [9.17, 15) is 14.4 Å². The zero-order chi connectivity index (χ0) is 27.5. The molecule has 1 saturated carbocycles.